The molecular formula is C23H21ClN2O3S. The second-order valence-electron chi connectivity index (χ2n) is 7.09. The lowest BCUT2D eigenvalue weighted by molar-refractivity contribution is -0.121. The summed E-state index contributed by atoms with van der Waals surface area (Å²) in [5, 5.41) is 5.38. The summed E-state index contributed by atoms with van der Waals surface area (Å²) in [4.78, 5) is 27.9. The predicted octanol–water partition coefficient (Wildman–Crippen LogP) is 5.68. The van der Waals surface area contributed by atoms with Gasteiger partial charge in [0.15, 0.2) is 5.75 Å². The highest BCUT2D eigenvalue weighted by Crippen LogP contribution is 2.33. The Morgan fingerprint density at radius 3 is 2.50 bits per heavy atom. The van der Waals surface area contributed by atoms with Crippen LogP contribution in [0.15, 0.2) is 66.0 Å². The van der Waals surface area contributed by atoms with Crippen molar-refractivity contribution in [2.24, 2.45) is 5.92 Å². The van der Waals surface area contributed by atoms with E-state index >= 15 is 0 Å². The Balaban J connectivity index is 1.39. The average Bonchev–Trinajstić information content (AvgIpc) is 3.31. The molecular weight excluding hydrogens is 420 g/mol. The van der Waals surface area contributed by atoms with Crippen LogP contribution in [0.3, 0.4) is 0 Å². The van der Waals surface area contributed by atoms with E-state index in [0.717, 1.165) is 4.88 Å². The first-order valence-electron chi connectivity index (χ1n) is 9.76. The second-order valence-corrected chi connectivity index (χ2v) is 8.47. The van der Waals surface area contributed by atoms with Gasteiger partial charge in [0.05, 0.1) is 10.6 Å². The first-order valence-corrected chi connectivity index (χ1v) is 11.0. The van der Waals surface area contributed by atoms with Gasteiger partial charge in [-0.25, -0.2) is 0 Å². The zero-order valence-corrected chi connectivity index (χ0v) is 17.8. The maximum absolute atomic E-state index is 12.9. The number of benzene rings is 2. The van der Waals surface area contributed by atoms with Crippen molar-refractivity contribution in [3.05, 3.63) is 75.9 Å². The number of carbonyl (C=O) groups is 2. The van der Waals surface area contributed by atoms with Crippen LogP contribution in [0, 0.1) is 5.92 Å². The monoisotopic (exact) mass is 440 g/mol. The number of nitrogens with one attached hydrogen (secondary N) is 1. The maximum Gasteiger partial charge on any atom is 0.263 e. The van der Waals surface area contributed by atoms with E-state index in [1.807, 2.05) is 52.7 Å². The molecule has 30 heavy (non-hydrogen) atoms. The number of anilines is 1. The second kappa shape index (κ2) is 9.32. The molecule has 154 valence electrons. The summed E-state index contributed by atoms with van der Waals surface area (Å²) in [7, 11) is 0. The average molecular weight is 441 g/mol. The normalized spacial score (nSPS) is 14.4. The van der Waals surface area contributed by atoms with E-state index in [4.69, 9.17) is 16.3 Å². The number of nitrogens with zero attached hydrogens (tertiary/aromatic N) is 1. The highest BCUT2D eigenvalue weighted by Gasteiger charge is 2.28. The van der Waals surface area contributed by atoms with Crippen molar-refractivity contribution >= 4 is 40.4 Å². The molecule has 0 saturated carbocycles. The fraction of sp³-hybridized carbons (Fsp3) is 0.217. The smallest absolute Gasteiger partial charge is 0.263 e. The molecule has 1 aliphatic heterocycles. The van der Waals surface area contributed by atoms with Gasteiger partial charge in [-0.1, -0.05) is 35.9 Å². The number of amides is 2. The van der Waals surface area contributed by atoms with E-state index in [2.05, 4.69) is 5.32 Å². The minimum atomic E-state index is -0.166. The number of likely N-dealkylation sites (tertiary alicyclic amines) is 1. The van der Waals surface area contributed by atoms with Crippen LogP contribution in [0.25, 0.3) is 0 Å². The number of piperidine rings is 1. The van der Waals surface area contributed by atoms with Crippen molar-refractivity contribution in [2.45, 2.75) is 12.8 Å². The number of ether oxygens (including phenoxy) is 1. The Hall–Kier alpha value is -2.83. The third-order valence-corrected chi connectivity index (χ3v) is 6.15. The van der Waals surface area contributed by atoms with Crippen molar-refractivity contribution in [3.63, 3.8) is 0 Å². The third-order valence-electron chi connectivity index (χ3n) is 5.06. The molecule has 0 atom stereocenters. The van der Waals surface area contributed by atoms with Crippen molar-refractivity contribution < 1.29 is 14.3 Å². The van der Waals surface area contributed by atoms with E-state index in [1.54, 1.807) is 18.2 Å². The molecule has 3 aromatic rings. The molecule has 1 fully saturated rings. The van der Waals surface area contributed by atoms with Crippen molar-refractivity contribution in [1.29, 1.82) is 0 Å². The SMILES string of the molecule is O=C(Nc1cc(Cl)ccc1Oc1ccccc1)C1CCN(C(=O)c2cccs2)CC1. The Kier molecular flexibility index (Phi) is 6.35. The van der Waals surface area contributed by atoms with Crippen molar-refractivity contribution in [3.8, 4) is 11.5 Å². The lowest BCUT2D eigenvalue weighted by atomic mass is 9.95. The number of carbonyl (C=O) groups excluding carboxylic acids is 2. The maximum atomic E-state index is 12.9. The summed E-state index contributed by atoms with van der Waals surface area (Å²) >= 11 is 7.58. The number of hydrogen-bond acceptors (Lipinski definition) is 4. The van der Waals surface area contributed by atoms with E-state index in [0.29, 0.717) is 48.1 Å². The highest BCUT2D eigenvalue weighted by molar-refractivity contribution is 7.12. The topological polar surface area (TPSA) is 58.6 Å². The van der Waals surface area contributed by atoms with E-state index < -0.39 is 0 Å². The molecule has 5 nitrogen and oxygen atoms in total. The van der Waals surface area contributed by atoms with Crippen LogP contribution >= 0.6 is 22.9 Å². The molecule has 0 aliphatic carbocycles. The summed E-state index contributed by atoms with van der Waals surface area (Å²) in [5.74, 6) is 0.997. The molecule has 0 bridgehead atoms. The van der Waals surface area contributed by atoms with Gasteiger partial charge in [-0.15, -0.1) is 11.3 Å². The Bertz CT molecular complexity index is 1020. The minimum absolute atomic E-state index is 0.0391. The van der Waals surface area contributed by atoms with Crippen LogP contribution < -0.4 is 10.1 Å². The minimum Gasteiger partial charge on any atom is -0.455 e. The zero-order chi connectivity index (χ0) is 20.9. The first-order chi connectivity index (χ1) is 14.6. The summed E-state index contributed by atoms with van der Waals surface area (Å²) in [6, 6.07) is 18.2. The van der Waals surface area contributed by atoms with Gasteiger partial charge in [-0.05, 0) is 54.6 Å². The van der Waals surface area contributed by atoms with Gasteiger partial charge in [-0.3, -0.25) is 9.59 Å². The molecule has 2 aromatic carbocycles. The Morgan fingerprint density at radius 1 is 1.03 bits per heavy atom. The van der Waals surface area contributed by atoms with Gasteiger partial charge in [0.1, 0.15) is 5.75 Å². The summed E-state index contributed by atoms with van der Waals surface area (Å²) in [6.45, 7) is 1.13. The number of hydrogen-bond donors (Lipinski definition) is 1. The molecule has 0 radical (unpaired) electrons. The lowest BCUT2D eigenvalue weighted by Gasteiger charge is -2.31. The van der Waals surface area contributed by atoms with E-state index in [9.17, 15) is 9.59 Å². The van der Waals surface area contributed by atoms with Crippen LogP contribution in [0.4, 0.5) is 5.69 Å². The molecule has 1 aliphatic rings. The Morgan fingerprint density at radius 2 is 1.80 bits per heavy atom. The fourth-order valence-corrected chi connectivity index (χ4v) is 4.30. The van der Waals surface area contributed by atoms with Gasteiger partial charge in [-0.2, -0.15) is 0 Å². The number of rotatable bonds is 5. The fourth-order valence-electron chi connectivity index (χ4n) is 3.44. The van der Waals surface area contributed by atoms with Gasteiger partial charge < -0.3 is 15.0 Å². The molecule has 1 aromatic heterocycles. The molecule has 7 heteroatoms. The van der Waals surface area contributed by atoms with Crippen LogP contribution in [-0.2, 0) is 4.79 Å². The molecule has 2 heterocycles. The van der Waals surface area contributed by atoms with Gasteiger partial charge in [0.2, 0.25) is 5.91 Å². The van der Waals surface area contributed by atoms with E-state index in [-0.39, 0.29) is 17.7 Å². The van der Waals surface area contributed by atoms with Gasteiger partial charge in [0.25, 0.3) is 5.91 Å². The Labute approximate surface area is 184 Å². The van der Waals surface area contributed by atoms with Gasteiger partial charge in [0, 0.05) is 24.0 Å². The zero-order valence-electron chi connectivity index (χ0n) is 16.2. The van der Waals surface area contributed by atoms with Crippen molar-refractivity contribution in [1.82, 2.24) is 4.90 Å². The third kappa shape index (κ3) is 4.83. The predicted molar refractivity (Wildman–Crippen MR) is 120 cm³/mol. The number of thiophene rings is 1. The summed E-state index contributed by atoms with van der Waals surface area (Å²) in [6.07, 6.45) is 1.25. The summed E-state index contributed by atoms with van der Waals surface area (Å²) < 4.78 is 5.92. The van der Waals surface area contributed by atoms with Crippen molar-refractivity contribution in [2.75, 3.05) is 18.4 Å². The number of para-hydroxylation sites is 1. The van der Waals surface area contributed by atoms with Crippen LogP contribution in [0.5, 0.6) is 11.5 Å². The number of halogens is 1. The van der Waals surface area contributed by atoms with Crippen LogP contribution in [0.1, 0.15) is 22.5 Å². The van der Waals surface area contributed by atoms with Gasteiger partial charge >= 0.3 is 0 Å². The molecule has 2 amide bonds. The summed E-state index contributed by atoms with van der Waals surface area (Å²) in [5.41, 5.74) is 0.536. The van der Waals surface area contributed by atoms with Crippen LogP contribution in [-0.4, -0.2) is 29.8 Å². The van der Waals surface area contributed by atoms with Crippen LogP contribution in [0.2, 0.25) is 5.02 Å². The highest BCUT2D eigenvalue weighted by atomic mass is 35.5. The quantitative estimate of drug-likeness (QED) is 0.554. The largest absolute Gasteiger partial charge is 0.455 e. The van der Waals surface area contributed by atoms with E-state index in [1.165, 1.54) is 11.3 Å². The lowest BCUT2D eigenvalue weighted by Crippen LogP contribution is -2.41. The first kappa shape index (κ1) is 20.4. The molecule has 4 rings (SSSR count). The molecule has 0 unspecified atom stereocenters. The molecule has 1 N–H and O–H groups in total. The molecule has 1 saturated heterocycles. The molecule has 0 spiro atoms. The standard InChI is InChI=1S/C23H21ClN2O3S/c24-17-8-9-20(29-18-5-2-1-3-6-18)19(15-17)25-22(27)16-10-12-26(13-11-16)23(28)21-7-4-14-30-21/h1-9,14-16H,10-13H2,(H,25,27).